The summed E-state index contributed by atoms with van der Waals surface area (Å²) in [4.78, 5) is 28.5. The summed E-state index contributed by atoms with van der Waals surface area (Å²) in [7, 11) is 0. The summed E-state index contributed by atoms with van der Waals surface area (Å²) < 4.78 is 5.74. The van der Waals surface area contributed by atoms with E-state index in [1.807, 2.05) is 81.4 Å². The third-order valence-electron chi connectivity index (χ3n) is 5.14. The predicted molar refractivity (Wildman–Crippen MR) is 136 cm³/mol. The molecule has 0 aliphatic rings. The maximum Gasteiger partial charge on any atom is 0.261 e. The zero-order chi connectivity index (χ0) is 24.6. The number of nitrogens with one attached hydrogen (secondary N) is 1. The van der Waals surface area contributed by atoms with Gasteiger partial charge in [0.1, 0.15) is 11.8 Å². The highest BCUT2D eigenvalue weighted by Gasteiger charge is 2.32. The molecule has 3 aromatic rings. The minimum atomic E-state index is -0.705. The number of amides is 2. The van der Waals surface area contributed by atoms with E-state index in [-0.39, 0.29) is 18.4 Å². The van der Waals surface area contributed by atoms with Crippen LogP contribution in [-0.4, -0.2) is 34.9 Å². The molecule has 1 N–H and O–H groups in total. The summed E-state index contributed by atoms with van der Waals surface area (Å²) in [6.45, 7) is 5.88. The van der Waals surface area contributed by atoms with Gasteiger partial charge in [-0.15, -0.1) is 0 Å². The SMILES string of the molecule is CC(C)(C)NC(=O)C(Cc1ccccc1)N(Cc1ccccc1)C(=O)COc1ccc(Cl)cc1. The van der Waals surface area contributed by atoms with Crippen molar-refractivity contribution in [3.8, 4) is 5.75 Å². The number of nitrogens with zero attached hydrogens (tertiary/aromatic N) is 1. The molecule has 0 bridgehead atoms. The van der Waals surface area contributed by atoms with Crippen LogP contribution in [0.1, 0.15) is 31.9 Å². The molecule has 0 spiro atoms. The Morgan fingerprint density at radius 2 is 1.44 bits per heavy atom. The Labute approximate surface area is 206 Å². The third-order valence-corrected chi connectivity index (χ3v) is 5.39. The van der Waals surface area contributed by atoms with Crippen LogP contribution in [0, 0.1) is 0 Å². The van der Waals surface area contributed by atoms with Gasteiger partial charge in [-0.05, 0) is 56.2 Å². The largest absolute Gasteiger partial charge is 0.484 e. The highest BCUT2D eigenvalue weighted by atomic mass is 35.5. The van der Waals surface area contributed by atoms with Gasteiger partial charge in [-0.2, -0.15) is 0 Å². The summed E-state index contributed by atoms with van der Waals surface area (Å²) in [6, 6.07) is 25.5. The summed E-state index contributed by atoms with van der Waals surface area (Å²) in [6.07, 6.45) is 0.391. The number of carbonyl (C=O) groups is 2. The van der Waals surface area contributed by atoms with Gasteiger partial charge < -0.3 is 15.0 Å². The number of halogens is 1. The minimum Gasteiger partial charge on any atom is -0.484 e. The molecule has 5 nitrogen and oxygen atoms in total. The zero-order valence-corrected chi connectivity index (χ0v) is 20.6. The van der Waals surface area contributed by atoms with Crippen molar-refractivity contribution < 1.29 is 14.3 Å². The van der Waals surface area contributed by atoms with Gasteiger partial charge in [-0.3, -0.25) is 9.59 Å². The number of ether oxygens (including phenoxy) is 1. The van der Waals surface area contributed by atoms with E-state index >= 15 is 0 Å². The molecule has 0 aromatic heterocycles. The second-order valence-electron chi connectivity index (χ2n) is 9.19. The third kappa shape index (κ3) is 7.92. The van der Waals surface area contributed by atoms with Crippen molar-refractivity contribution in [2.45, 2.75) is 45.3 Å². The number of benzene rings is 3. The van der Waals surface area contributed by atoms with Crippen molar-refractivity contribution in [3.05, 3.63) is 101 Å². The van der Waals surface area contributed by atoms with Crippen LogP contribution in [0.25, 0.3) is 0 Å². The van der Waals surface area contributed by atoms with Gasteiger partial charge >= 0.3 is 0 Å². The molecule has 0 aliphatic heterocycles. The van der Waals surface area contributed by atoms with Gasteiger partial charge in [0, 0.05) is 23.5 Å². The van der Waals surface area contributed by atoms with Crippen LogP contribution in [0.3, 0.4) is 0 Å². The molecule has 2 amide bonds. The van der Waals surface area contributed by atoms with Crippen LogP contribution in [0.15, 0.2) is 84.9 Å². The molecule has 1 unspecified atom stereocenters. The Kier molecular flexibility index (Phi) is 8.72. The molecule has 0 radical (unpaired) electrons. The first-order valence-electron chi connectivity index (χ1n) is 11.3. The first-order chi connectivity index (χ1) is 16.2. The van der Waals surface area contributed by atoms with Crippen LogP contribution in [0.2, 0.25) is 5.02 Å². The van der Waals surface area contributed by atoms with Gasteiger partial charge in [0.25, 0.3) is 5.91 Å². The van der Waals surface area contributed by atoms with E-state index in [0.717, 1.165) is 11.1 Å². The maximum absolute atomic E-state index is 13.5. The molecule has 0 aliphatic carbocycles. The van der Waals surface area contributed by atoms with Crippen molar-refractivity contribution in [1.82, 2.24) is 10.2 Å². The van der Waals surface area contributed by atoms with Crippen LogP contribution < -0.4 is 10.1 Å². The highest BCUT2D eigenvalue weighted by molar-refractivity contribution is 6.30. The van der Waals surface area contributed by atoms with E-state index in [1.54, 1.807) is 29.2 Å². The van der Waals surface area contributed by atoms with E-state index in [1.165, 1.54) is 0 Å². The average molecular weight is 479 g/mol. The first-order valence-corrected chi connectivity index (χ1v) is 11.7. The van der Waals surface area contributed by atoms with E-state index in [2.05, 4.69) is 5.32 Å². The number of hydrogen-bond donors (Lipinski definition) is 1. The molecule has 0 saturated heterocycles. The highest BCUT2D eigenvalue weighted by Crippen LogP contribution is 2.18. The second-order valence-corrected chi connectivity index (χ2v) is 9.63. The molecule has 1 atom stereocenters. The standard InChI is InChI=1S/C28H31ClN2O3/c1-28(2,3)30-27(33)25(18-21-10-6-4-7-11-21)31(19-22-12-8-5-9-13-22)26(32)20-34-24-16-14-23(29)15-17-24/h4-17,25H,18-20H2,1-3H3,(H,30,33). The topological polar surface area (TPSA) is 58.6 Å². The molecule has 3 rings (SSSR count). The Hall–Kier alpha value is -3.31. The maximum atomic E-state index is 13.5. The summed E-state index contributed by atoms with van der Waals surface area (Å²) >= 11 is 5.95. The Morgan fingerprint density at radius 1 is 0.882 bits per heavy atom. The van der Waals surface area contributed by atoms with Crippen LogP contribution in [0.5, 0.6) is 5.75 Å². The normalized spacial score (nSPS) is 12.0. The molecule has 0 heterocycles. The molecule has 34 heavy (non-hydrogen) atoms. The molecule has 0 fully saturated rings. The number of hydrogen-bond acceptors (Lipinski definition) is 3. The minimum absolute atomic E-state index is 0.192. The monoisotopic (exact) mass is 478 g/mol. The van der Waals surface area contributed by atoms with Crippen molar-refractivity contribution in [2.75, 3.05) is 6.61 Å². The van der Waals surface area contributed by atoms with Gasteiger partial charge in [-0.1, -0.05) is 72.3 Å². The van der Waals surface area contributed by atoms with E-state index in [4.69, 9.17) is 16.3 Å². The van der Waals surface area contributed by atoms with Gasteiger partial charge in [0.2, 0.25) is 5.91 Å². The predicted octanol–water partition coefficient (Wildman–Crippen LogP) is 5.27. The van der Waals surface area contributed by atoms with Crippen LogP contribution in [-0.2, 0) is 22.6 Å². The molecule has 0 saturated carbocycles. The summed E-state index contributed by atoms with van der Waals surface area (Å²) in [5.74, 6) is 0.0621. The Bertz CT molecular complexity index is 1060. The number of rotatable bonds is 9. The lowest BCUT2D eigenvalue weighted by atomic mass is 10.0. The van der Waals surface area contributed by atoms with E-state index < -0.39 is 11.6 Å². The lowest BCUT2D eigenvalue weighted by molar-refractivity contribution is -0.143. The van der Waals surface area contributed by atoms with Crippen LogP contribution in [0.4, 0.5) is 0 Å². The Morgan fingerprint density at radius 3 is 2.00 bits per heavy atom. The lowest BCUT2D eigenvalue weighted by Gasteiger charge is -2.33. The van der Waals surface area contributed by atoms with E-state index in [0.29, 0.717) is 23.7 Å². The zero-order valence-electron chi connectivity index (χ0n) is 19.8. The molecule has 3 aromatic carbocycles. The molecular formula is C28H31ClN2O3. The number of carbonyl (C=O) groups excluding carboxylic acids is 2. The van der Waals surface area contributed by atoms with Crippen molar-refractivity contribution in [2.24, 2.45) is 0 Å². The fourth-order valence-electron chi connectivity index (χ4n) is 3.55. The van der Waals surface area contributed by atoms with E-state index in [9.17, 15) is 9.59 Å². The quantitative estimate of drug-likeness (QED) is 0.455. The van der Waals surface area contributed by atoms with Gasteiger partial charge in [0.15, 0.2) is 6.61 Å². The summed E-state index contributed by atoms with van der Waals surface area (Å²) in [5, 5.41) is 3.64. The fourth-order valence-corrected chi connectivity index (χ4v) is 3.67. The molecule has 6 heteroatoms. The first kappa shape index (κ1) is 25.3. The van der Waals surface area contributed by atoms with Crippen LogP contribution >= 0.6 is 11.6 Å². The molecular weight excluding hydrogens is 448 g/mol. The van der Waals surface area contributed by atoms with Crippen molar-refractivity contribution >= 4 is 23.4 Å². The van der Waals surface area contributed by atoms with Gasteiger partial charge in [0.05, 0.1) is 0 Å². The Balaban J connectivity index is 1.89. The average Bonchev–Trinajstić information content (AvgIpc) is 2.81. The van der Waals surface area contributed by atoms with Crippen molar-refractivity contribution in [1.29, 1.82) is 0 Å². The summed E-state index contributed by atoms with van der Waals surface area (Å²) in [5.41, 5.74) is 1.47. The smallest absolute Gasteiger partial charge is 0.261 e. The lowest BCUT2D eigenvalue weighted by Crippen LogP contribution is -2.55. The van der Waals surface area contributed by atoms with Gasteiger partial charge in [-0.25, -0.2) is 0 Å². The van der Waals surface area contributed by atoms with Crippen molar-refractivity contribution in [3.63, 3.8) is 0 Å². The second kappa shape index (κ2) is 11.7. The molecule has 178 valence electrons. The fraction of sp³-hybridized carbons (Fsp3) is 0.286.